The lowest BCUT2D eigenvalue weighted by molar-refractivity contribution is 0.0728. The second-order valence-corrected chi connectivity index (χ2v) is 9.05. The molecule has 4 rings (SSSR count). The summed E-state index contributed by atoms with van der Waals surface area (Å²) < 4.78 is 12.0. The fourth-order valence-corrected chi connectivity index (χ4v) is 3.73. The Morgan fingerprint density at radius 3 is 2.28 bits per heavy atom. The van der Waals surface area contributed by atoms with Gasteiger partial charge in [0.05, 0.1) is 18.4 Å². The van der Waals surface area contributed by atoms with Crippen LogP contribution in [0.4, 0.5) is 5.69 Å². The maximum atomic E-state index is 12.6. The predicted molar refractivity (Wildman–Crippen MR) is 153 cm³/mol. The van der Waals surface area contributed by atoms with E-state index in [1.165, 1.54) is 6.21 Å². The van der Waals surface area contributed by atoms with Crippen molar-refractivity contribution in [3.63, 3.8) is 0 Å². The molecule has 0 fully saturated rings. The van der Waals surface area contributed by atoms with Crippen molar-refractivity contribution in [1.82, 2.24) is 5.43 Å². The molecule has 0 bridgehead atoms. The van der Waals surface area contributed by atoms with Gasteiger partial charge >= 0.3 is 5.97 Å². The summed E-state index contributed by atoms with van der Waals surface area (Å²) in [6.45, 7) is 2.18. The van der Waals surface area contributed by atoms with Crippen LogP contribution in [0.5, 0.6) is 11.5 Å². The van der Waals surface area contributed by atoms with Crippen LogP contribution >= 0.6 is 15.9 Å². The van der Waals surface area contributed by atoms with E-state index in [0.29, 0.717) is 40.3 Å². The standard InChI is InChI=1S/C30H24BrN3O5/c1-2-38-27-17-20(11-16-26(27)39-30(37)22-7-4-3-5-8-22)19-32-34-29(36)23-9-6-10-25(18-23)33-28(35)21-12-14-24(31)15-13-21/h3-19H,2H2,1H3,(H,33,35)(H,34,36). The number of amides is 2. The molecule has 2 amide bonds. The van der Waals surface area contributed by atoms with Gasteiger partial charge in [-0.25, -0.2) is 10.2 Å². The first kappa shape index (κ1) is 27.3. The highest BCUT2D eigenvalue weighted by Gasteiger charge is 2.13. The first-order valence-corrected chi connectivity index (χ1v) is 12.8. The molecule has 0 aromatic heterocycles. The van der Waals surface area contributed by atoms with Gasteiger partial charge in [-0.1, -0.05) is 40.2 Å². The molecule has 0 radical (unpaired) electrons. The summed E-state index contributed by atoms with van der Waals surface area (Å²) in [6, 6.07) is 27.1. The van der Waals surface area contributed by atoms with E-state index in [4.69, 9.17) is 9.47 Å². The minimum atomic E-state index is -0.500. The Morgan fingerprint density at radius 1 is 0.795 bits per heavy atom. The first-order chi connectivity index (χ1) is 18.9. The quantitative estimate of drug-likeness (QED) is 0.107. The second kappa shape index (κ2) is 13.2. The SMILES string of the molecule is CCOc1cc(C=NNC(=O)c2cccc(NC(=O)c3ccc(Br)cc3)c2)ccc1OC(=O)c1ccccc1. The predicted octanol–water partition coefficient (Wildman–Crippen LogP) is 6.08. The van der Waals surface area contributed by atoms with E-state index in [-0.39, 0.29) is 11.7 Å². The highest BCUT2D eigenvalue weighted by atomic mass is 79.9. The topological polar surface area (TPSA) is 106 Å². The second-order valence-electron chi connectivity index (χ2n) is 8.14. The van der Waals surface area contributed by atoms with Crippen LogP contribution < -0.4 is 20.2 Å². The summed E-state index contributed by atoms with van der Waals surface area (Å²) in [4.78, 5) is 37.5. The van der Waals surface area contributed by atoms with Crippen molar-refractivity contribution < 1.29 is 23.9 Å². The number of benzene rings is 4. The zero-order valence-corrected chi connectivity index (χ0v) is 22.5. The maximum Gasteiger partial charge on any atom is 0.343 e. The molecule has 196 valence electrons. The van der Waals surface area contributed by atoms with Crippen LogP contribution in [-0.4, -0.2) is 30.6 Å². The van der Waals surface area contributed by atoms with Crippen LogP contribution in [0.25, 0.3) is 0 Å². The fraction of sp³-hybridized carbons (Fsp3) is 0.0667. The van der Waals surface area contributed by atoms with Crippen LogP contribution in [0.1, 0.15) is 43.6 Å². The maximum absolute atomic E-state index is 12.6. The number of nitrogens with zero attached hydrogens (tertiary/aromatic N) is 1. The highest BCUT2D eigenvalue weighted by Crippen LogP contribution is 2.29. The van der Waals surface area contributed by atoms with E-state index in [2.05, 4.69) is 31.8 Å². The number of halogens is 1. The molecule has 4 aromatic carbocycles. The van der Waals surface area contributed by atoms with Gasteiger partial charge in [0.15, 0.2) is 11.5 Å². The summed E-state index contributed by atoms with van der Waals surface area (Å²) in [5.41, 5.74) is 4.80. The zero-order valence-electron chi connectivity index (χ0n) is 20.9. The molecule has 0 unspecified atom stereocenters. The monoisotopic (exact) mass is 585 g/mol. The number of hydrogen-bond acceptors (Lipinski definition) is 6. The fourth-order valence-electron chi connectivity index (χ4n) is 3.46. The summed E-state index contributed by atoms with van der Waals surface area (Å²) in [6.07, 6.45) is 1.45. The van der Waals surface area contributed by atoms with Gasteiger partial charge in [-0.3, -0.25) is 9.59 Å². The molecular formula is C30H24BrN3O5. The van der Waals surface area contributed by atoms with Gasteiger partial charge in [0, 0.05) is 21.3 Å². The Labute approximate surface area is 233 Å². The van der Waals surface area contributed by atoms with E-state index in [9.17, 15) is 14.4 Å². The van der Waals surface area contributed by atoms with Crippen LogP contribution in [-0.2, 0) is 0 Å². The Kier molecular flexibility index (Phi) is 9.20. The van der Waals surface area contributed by atoms with Gasteiger partial charge in [-0.05, 0) is 85.3 Å². The molecule has 9 heteroatoms. The zero-order chi connectivity index (χ0) is 27.6. The molecule has 0 saturated carbocycles. The lowest BCUT2D eigenvalue weighted by atomic mass is 10.1. The van der Waals surface area contributed by atoms with Gasteiger partial charge in [-0.2, -0.15) is 5.10 Å². The number of hydrazone groups is 1. The van der Waals surface area contributed by atoms with Gasteiger partial charge in [0.1, 0.15) is 0 Å². The number of carbonyl (C=O) groups excluding carboxylic acids is 3. The summed E-state index contributed by atoms with van der Waals surface area (Å²) in [5.74, 6) is -0.605. The Balaban J connectivity index is 1.39. The average molecular weight is 586 g/mol. The summed E-state index contributed by atoms with van der Waals surface area (Å²) in [5, 5.41) is 6.80. The van der Waals surface area contributed by atoms with Crippen molar-refractivity contribution in [2.75, 3.05) is 11.9 Å². The number of hydrogen-bond donors (Lipinski definition) is 2. The Morgan fingerprint density at radius 2 is 1.54 bits per heavy atom. The molecule has 0 aliphatic heterocycles. The molecule has 0 atom stereocenters. The van der Waals surface area contributed by atoms with Crippen molar-refractivity contribution >= 4 is 45.6 Å². The third kappa shape index (κ3) is 7.62. The van der Waals surface area contributed by atoms with Crippen LogP contribution in [0.15, 0.2) is 107 Å². The smallest absolute Gasteiger partial charge is 0.343 e. The van der Waals surface area contributed by atoms with Crippen LogP contribution in [0, 0.1) is 0 Å². The minimum Gasteiger partial charge on any atom is -0.490 e. The van der Waals surface area contributed by atoms with Crippen LogP contribution in [0.3, 0.4) is 0 Å². The van der Waals surface area contributed by atoms with E-state index >= 15 is 0 Å². The van der Waals surface area contributed by atoms with Gasteiger partial charge in [-0.15, -0.1) is 0 Å². The molecule has 0 aliphatic carbocycles. The normalized spacial score (nSPS) is 10.6. The minimum absolute atomic E-state index is 0.272. The number of carbonyl (C=O) groups is 3. The third-order valence-electron chi connectivity index (χ3n) is 5.35. The molecule has 0 aliphatic rings. The molecular weight excluding hydrogens is 562 g/mol. The lowest BCUT2D eigenvalue weighted by Crippen LogP contribution is -2.18. The van der Waals surface area contributed by atoms with Crippen molar-refractivity contribution in [2.24, 2.45) is 5.10 Å². The van der Waals surface area contributed by atoms with Gasteiger partial charge in [0.2, 0.25) is 0 Å². The van der Waals surface area contributed by atoms with Gasteiger partial charge < -0.3 is 14.8 Å². The Hall–Kier alpha value is -4.76. The van der Waals surface area contributed by atoms with Crippen molar-refractivity contribution in [3.8, 4) is 11.5 Å². The molecule has 0 spiro atoms. The van der Waals surface area contributed by atoms with Gasteiger partial charge in [0.25, 0.3) is 11.8 Å². The first-order valence-electron chi connectivity index (χ1n) is 12.0. The molecule has 39 heavy (non-hydrogen) atoms. The number of nitrogens with one attached hydrogen (secondary N) is 2. The molecule has 0 saturated heterocycles. The summed E-state index contributed by atoms with van der Waals surface area (Å²) >= 11 is 3.34. The number of rotatable bonds is 9. The van der Waals surface area contributed by atoms with Crippen molar-refractivity contribution in [2.45, 2.75) is 6.92 Å². The Bertz CT molecular complexity index is 1510. The lowest BCUT2D eigenvalue weighted by Gasteiger charge is -2.11. The van der Waals surface area contributed by atoms with Crippen molar-refractivity contribution in [1.29, 1.82) is 0 Å². The van der Waals surface area contributed by atoms with E-state index in [1.807, 2.05) is 13.0 Å². The van der Waals surface area contributed by atoms with Crippen molar-refractivity contribution in [3.05, 3.63) is 124 Å². The molecule has 0 heterocycles. The number of ether oxygens (including phenoxy) is 2. The van der Waals surface area contributed by atoms with Crippen LogP contribution in [0.2, 0.25) is 0 Å². The summed E-state index contributed by atoms with van der Waals surface area (Å²) in [7, 11) is 0. The van der Waals surface area contributed by atoms with E-state index < -0.39 is 11.9 Å². The number of esters is 1. The average Bonchev–Trinajstić information content (AvgIpc) is 2.95. The van der Waals surface area contributed by atoms with E-state index in [1.54, 1.807) is 91.0 Å². The largest absolute Gasteiger partial charge is 0.490 e. The molecule has 8 nitrogen and oxygen atoms in total. The number of anilines is 1. The highest BCUT2D eigenvalue weighted by molar-refractivity contribution is 9.10. The molecule has 2 N–H and O–H groups in total. The van der Waals surface area contributed by atoms with E-state index in [0.717, 1.165) is 4.47 Å². The third-order valence-corrected chi connectivity index (χ3v) is 5.88. The molecule has 4 aromatic rings.